The predicted molar refractivity (Wildman–Crippen MR) is 59.1 cm³/mol. The van der Waals surface area contributed by atoms with Gasteiger partial charge in [-0.15, -0.1) is 5.92 Å². The monoisotopic (exact) mass is 206 g/mol. The van der Waals surface area contributed by atoms with E-state index < -0.39 is 0 Å². The van der Waals surface area contributed by atoms with Gasteiger partial charge in [0.2, 0.25) is 5.88 Å². The van der Waals surface area contributed by atoms with E-state index in [2.05, 4.69) is 16.8 Å². The summed E-state index contributed by atoms with van der Waals surface area (Å²) in [6, 6.07) is 3.48. The molecule has 0 unspecified atom stereocenters. The number of hydrogen-bond donors (Lipinski definition) is 1. The number of hydrogen-bond acceptors (Lipinski definition) is 3. The molecule has 72 valence electrons. The van der Waals surface area contributed by atoms with Crippen molar-refractivity contribution in [2.45, 2.75) is 6.92 Å². The van der Waals surface area contributed by atoms with Crippen LogP contribution < -0.4 is 10.5 Å². The maximum atomic E-state index is 5.41. The normalized spacial score (nSPS) is 8.64. The lowest BCUT2D eigenvalue weighted by Crippen LogP contribution is -2.09. The number of ether oxygens (including phenoxy) is 1. The molecular formula is C10H10N2OS. The van der Waals surface area contributed by atoms with Crippen LogP contribution in [0.1, 0.15) is 12.5 Å². The minimum absolute atomic E-state index is 0.331. The van der Waals surface area contributed by atoms with Crippen LogP contribution in [0.2, 0.25) is 0 Å². The molecule has 0 atom stereocenters. The topological polar surface area (TPSA) is 48.1 Å². The molecule has 1 aromatic rings. The van der Waals surface area contributed by atoms with Crippen LogP contribution in [0.5, 0.6) is 5.88 Å². The fourth-order valence-electron chi connectivity index (χ4n) is 0.794. The molecule has 0 amide bonds. The lowest BCUT2D eigenvalue weighted by molar-refractivity contribution is 0.355. The van der Waals surface area contributed by atoms with Gasteiger partial charge < -0.3 is 10.5 Å². The molecule has 0 aliphatic rings. The second-order valence-electron chi connectivity index (χ2n) is 2.46. The van der Waals surface area contributed by atoms with E-state index >= 15 is 0 Å². The number of nitrogens with two attached hydrogens (primary N) is 1. The Morgan fingerprint density at radius 2 is 2.43 bits per heavy atom. The van der Waals surface area contributed by atoms with Crippen LogP contribution in [0.15, 0.2) is 18.3 Å². The van der Waals surface area contributed by atoms with Gasteiger partial charge in [-0.2, -0.15) is 0 Å². The smallest absolute Gasteiger partial charge is 0.214 e. The van der Waals surface area contributed by atoms with Crippen LogP contribution in [0.25, 0.3) is 0 Å². The van der Waals surface area contributed by atoms with Crippen molar-refractivity contribution in [3.63, 3.8) is 0 Å². The Morgan fingerprint density at radius 1 is 1.64 bits per heavy atom. The van der Waals surface area contributed by atoms with Gasteiger partial charge in [-0.05, 0) is 13.0 Å². The first kappa shape index (κ1) is 10.5. The molecule has 0 radical (unpaired) electrons. The maximum Gasteiger partial charge on any atom is 0.214 e. The summed E-state index contributed by atoms with van der Waals surface area (Å²) >= 11 is 4.79. The number of rotatable bonds is 3. The molecule has 0 aliphatic heterocycles. The Hall–Kier alpha value is -1.60. The maximum absolute atomic E-state index is 5.41. The number of thiocarbonyl (C=S) groups is 1. The molecule has 3 nitrogen and oxygen atoms in total. The van der Waals surface area contributed by atoms with Crippen molar-refractivity contribution < 1.29 is 4.74 Å². The summed E-state index contributed by atoms with van der Waals surface area (Å²) in [7, 11) is 0. The van der Waals surface area contributed by atoms with E-state index in [-0.39, 0.29) is 0 Å². The zero-order chi connectivity index (χ0) is 10.4. The van der Waals surface area contributed by atoms with Crippen LogP contribution in [-0.4, -0.2) is 16.6 Å². The quantitative estimate of drug-likeness (QED) is 0.594. The van der Waals surface area contributed by atoms with Crippen molar-refractivity contribution in [3.05, 3.63) is 23.9 Å². The van der Waals surface area contributed by atoms with Gasteiger partial charge in [0, 0.05) is 17.8 Å². The molecule has 2 N–H and O–H groups in total. The first-order valence-electron chi connectivity index (χ1n) is 4.02. The molecule has 1 aromatic heterocycles. The summed E-state index contributed by atoms with van der Waals surface area (Å²) in [5, 5.41) is 0. The Bertz CT molecular complexity index is 375. The van der Waals surface area contributed by atoms with Crippen LogP contribution in [-0.2, 0) is 0 Å². The molecule has 1 heterocycles. The fourth-order valence-corrected chi connectivity index (χ4v) is 0.914. The summed E-state index contributed by atoms with van der Waals surface area (Å²) in [5.41, 5.74) is 6.14. The summed E-state index contributed by atoms with van der Waals surface area (Å²) in [5.74, 6) is 6.02. The molecule has 0 spiro atoms. The third kappa shape index (κ3) is 3.04. The predicted octanol–water partition coefficient (Wildman–Crippen LogP) is 1.12. The molecule has 0 bridgehead atoms. The van der Waals surface area contributed by atoms with E-state index in [0.717, 1.165) is 5.56 Å². The van der Waals surface area contributed by atoms with E-state index in [4.69, 9.17) is 22.7 Å². The van der Waals surface area contributed by atoms with Gasteiger partial charge in [-0.1, -0.05) is 18.1 Å². The molecule has 0 fully saturated rings. The summed E-state index contributed by atoms with van der Waals surface area (Å²) < 4.78 is 5.21. The van der Waals surface area contributed by atoms with Crippen LogP contribution in [0, 0.1) is 11.8 Å². The largest absolute Gasteiger partial charge is 0.464 e. The number of aromatic nitrogens is 1. The van der Waals surface area contributed by atoms with Crippen LogP contribution >= 0.6 is 12.2 Å². The Labute approximate surface area is 88.3 Å². The molecule has 14 heavy (non-hydrogen) atoms. The van der Waals surface area contributed by atoms with Gasteiger partial charge in [0.15, 0.2) is 6.61 Å². The van der Waals surface area contributed by atoms with Crippen molar-refractivity contribution in [1.29, 1.82) is 0 Å². The van der Waals surface area contributed by atoms with Gasteiger partial charge in [0.05, 0.1) is 0 Å². The van der Waals surface area contributed by atoms with Crippen molar-refractivity contribution >= 4 is 17.2 Å². The first-order chi connectivity index (χ1) is 6.74. The third-order valence-corrected chi connectivity index (χ3v) is 1.73. The Morgan fingerprint density at radius 3 is 2.93 bits per heavy atom. The highest BCUT2D eigenvalue weighted by Gasteiger charge is 1.97. The van der Waals surface area contributed by atoms with Gasteiger partial charge in [-0.3, -0.25) is 0 Å². The van der Waals surface area contributed by atoms with E-state index in [0.29, 0.717) is 17.5 Å². The second-order valence-corrected chi connectivity index (χ2v) is 2.90. The summed E-state index contributed by atoms with van der Waals surface area (Å²) in [6.45, 7) is 2.10. The SMILES string of the molecule is CC#CCOc1ccc(C(N)=S)cn1. The molecule has 0 aliphatic carbocycles. The van der Waals surface area contributed by atoms with Crippen molar-refractivity contribution in [2.75, 3.05) is 6.61 Å². The van der Waals surface area contributed by atoms with Crippen LogP contribution in [0.4, 0.5) is 0 Å². The van der Waals surface area contributed by atoms with Crippen molar-refractivity contribution in [3.8, 4) is 17.7 Å². The van der Waals surface area contributed by atoms with Crippen molar-refractivity contribution in [2.24, 2.45) is 5.73 Å². The molecule has 1 rings (SSSR count). The van der Waals surface area contributed by atoms with Gasteiger partial charge >= 0.3 is 0 Å². The minimum Gasteiger partial charge on any atom is -0.464 e. The summed E-state index contributed by atoms with van der Waals surface area (Å²) in [6.07, 6.45) is 1.58. The molecule has 0 saturated carbocycles. The number of nitrogens with zero attached hydrogens (tertiary/aromatic N) is 1. The summed E-state index contributed by atoms with van der Waals surface area (Å²) in [4.78, 5) is 4.35. The highest BCUT2D eigenvalue weighted by atomic mass is 32.1. The minimum atomic E-state index is 0.331. The number of pyridine rings is 1. The fraction of sp³-hybridized carbons (Fsp3) is 0.200. The Kier molecular flexibility index (Phi) is 3.89. The average molecular weight is 206 g/mol. The van der Waals surface area contributed by atoms with Gasteiger partial charge in [0.25, 0.3) is 0 Å². The molecule has 0 saturated heterocycles. The van der Waals surface area contributed by atoms with E-state index in [1.54, 1.807) is 25.3 Å². The average Bonchev–Trinajstić information content (AvgIpc) is 2.19. The van der Waals surface area contributed by atoms with E-state index in [9.17, 15) is 0 Å². The van der Waals surface area contributed by atoms with Gasteiger partial charge in [0.1, 0.15) is 4.99 Å². The Balaban J connectivity index is 2.62. The molecule has 0 aromatic carbocycles. The molecule has 4 heteroatoms. The first-order valence-corrected chi connectivity index (χ1v) is 4.43. The van der Waals surface area contributed by atoms with Crippen LogP contribution in [0.3, 0.4) is 0 Å². The lowest BCUT2D eigenvalue weighted by atomic mass is 10.3. The van der Waals surface area contributed by atoms with E-state index in [1.807, 2.05) is 0 Å². The zero-order valence-corrected chi connectivity index (χ0v) is 8.60. The third-order valence-electron chi connectivity index (χ3n) is 1.49. The second kappa shape index (κ2) is 5.20. The highest BCUT2D eigenvalue weighted by molar-refractivity contribution is 7.80. The van der Waals surface area contributed by atoms with Gasteiger partial charge in [-0.25, -0.2) is 4.98 Å². The zero-order valence-electron chi connectivity index (χ0n) is 7.78. The molecular weight excluding hydrogens is 196 g/mol. The van der Waals surface area contributed by atoms with Crippen molar-refractivity contribution in [1.82, 2.24) is 4.98 Å². The lowest BCUT2D eigenvalue weighted by Gasteiger charge is -2.01. The highest BCUT2D eigenvalue weighted by Crippen LogP contribution is 2.06. The van der Waals surface area contributed by atoms with E-state index in [1.165, 1.54) is 0 Å². The standard InChI is InChI=1S/C10H10N2OS/c1-2-3-6-13-9-5-4-8(7-12-9)10(11)14/h4-5,7H,6H2,1H3,(H2,11,14).